The number of rotatable bonds is 5. The van der Waals surface area contributed by atoms with Crippen LogP contribution in [0.3, 0.4) is 0 Å². The number of nitrogens with one attached hydrogen (secondary N) is 1. The average molecular weight is 655 g/mol. The van der Waals surface area contributed by atoms with Crippen molar-refractivity contribution >= 4 is 67.2 Å². The molecule has 4 aromatic rings. The van der Waals surface area contributed by atoms with Gasteiger partial charge in [-0.2, -0.15) is 13.2 Å². The minimum Gasteiger partial charge on any atom is -0.374 e. The molecule has 0 spiro atoms. The van der Waals surface area contributed by atoms with Crippen LogP contribution in [0.1, 0.15) is 33.5 Å². The number of aryl methyl sites for hydroxylation is 1. The molecule has 1 N–H and O–H groups in total. The maximum absolute atomic E-state index is 14.3. The maximum Gasteiger partial charge on any atom is 0.435 e. The van der Waals surface area contributed by atoms with Gasteiger partial charge in [-0.15, -0.1) is 11.3 Å². The first kappa shape index (κ1) is 27.6. The molecule has 1 aliphatic rings. The monoisotopic (exact) mass is 653 g/mol. The van der Waals surface area contributed by atoms with E-state index in [0.29, 0.717) is 21.8 Å². The van der Waals surface area contributed by atoms with Crippen LogP contribution in [0.2, 0.25) is 10.0 Å². The zero-order valence-corrected chi connectivity index (χ0v) is 23.9. The van der Waals surface area contributed by atoms with Gasteiger partial charge in [0.25, 0.3) is 11.5 Å². The molecule has 5 rings (SSSR count). The van der Waals surface area contributed by atoms with Gasteiger partial charge in [-0.3, -0.25) is 10.1 Å². The summed E-state index contributed by atoms with van der Waals surface area (Å²) in [5, 5.41) is 8.93. The molecule has 12 heteroatoms. The second kappa shape index (κ2) is 10.6. The second-order valence-corrected chi connectivity index (χ2v) is 11.5. The van der Waals surface area contributed by atoms with E-state index in [-0.39, 0.29) is 21.3 Å². The number of anilines is 1. The standard InChI is InChI=1S/C27H17BrCl2F3N3O2S/c1-14-8-16(22-12-26(38-36-22,27(31,32)33)17-9-19(29)11-20(30)10-17)4-7-21(14)24(37)35-25-34-23(13-39-25)15-2-5-18(28)6-3-15/h2-11,13H,12H2,1H3,(H,34,35,37). The molecule has 0 saturated carbocycles. The number of oxime groups is 1. The topological polar surface area (TPSA) is 63.6 Å². The first-order chi connectivity index (χ1) is 18.4. The predicted molar refractivity (Wildman–Crippen MR) is 151 cm³/mol. The van der Waals surface area contributed by atoms with Crippen LogP contribution in [0, 0.1) is 6.92 Å². The highest BCUT2D eigenvalue weighted by atomic mass is 79.9. The van der Waals surface area contributed by atoms with Gasteiger partial charge in [0.1, 0.15) is 0 Å². The number of alkyl halides is 3. The van der Waals surface area contributed by atoms with Crippen molar-refractivity contribution in [2.45, 2.75) is 25.1 Å². The molecule has 0 radical (unpaired) electrons. The fourth-order valence-electron chi connectivity index (χ4n) is 4.19. The SMILES string of the molecule is Cc1cc(C2=NOC(c3cc(Cl)cc(Cl)c3)(C(F)(F)F)C2)ccc1C(=O)Nc1nc(-c2ccc(Br)cc2)cs1. The molecule has 0 saturated heterocycles. The van der Waals surface area contributed by atoms with Crippen LogP contribution in [0.5, 0.6) is 0 Å². The van der Waals surface area contributed by atoms with Crippen molar-refractivity contribution in [3.05, 3.63) is 103 Å². The molecule has 200 valence electrons. The van der Waals surface area contributed by atoms with Gasteiger partial charge in [-0.1, -0.05) is 62.5 Å². The first-order valence-corrected chi connectivity index (χ1v) is 13.8. The van der Waals surface area contributed by atoms with Gasteiger partial charge >= 0.3 is 6.18 Å². The number of hydrogen-bond acceptors (Lipinski definition) is 5. The van der Waals surface area contributed by atoms with Crippen molar-refractivity contribution in [1.82, 2.24) is 4.98 Å². The summed E-state index contributed by atoms with van der Waals surface area (Å²) in [6.07, 6.45) is -5.39. The number of halogens is 6. The lowest BCUT2D eigenvalue weighted by atomic mass is 9.86. The number of aromatic nitrogens is 1. The number of thiazole rings is 1. The first-order valence-electron chi connectivity index (χ1n) is 11.4. The zero-order valence-electron chi connectivity index (χ0n) is 19.9. The third-order valence-electron chi connectivity index (χ3n) is 6.18. The van der Waals surface area contributed by atoms with Crippen molar-refractivity contribution < 1.29 is 22.8 Å². The Morgan fingerprint density at radius 3 is 2.36 bits per heavy atom. The number of nitrogens with zero attached hydrogens (tertiary/aromatic N) is 2. The van der Waals surface area contributed by atoms with Crippen LogP contribution in [0.4, 0.5) is 18.3 Å². The Balaban J connectivity index is 1.35. The van der Waals surface area contributed by atoms with Gasteiger partial charge in [0.15, 0.2) is 5.13 Å². The molecule has 0 bridgehead atoms. The van der Waals surface area contributed by atoms with Crippen molar-refractivity contribution in [2.24, 2.45) is 5.16 Å². The van der Waals surface area contributed by atoms with E-state index in [1.54, 1.807) is 13.0 Å². The fourth-order valence-corrected chi connectivity index (χ4v) is 5.70. The van der Waals surface area contributed by atoms with Gasteiger partial charge in [0.2, 0.25) is 0 Å². The highest BCUT2D eigenvalue weighted by molar-refractivity contribution is 9.10. The third-order valence-corrected chi connectivity index (χ3v) is 7.91. The summed E-state index contributed by atoms with van der Waals surface area (Å²) in [4.78, 5) is 22.5. The van der Waals surface area contributed by atoms with Crippen molar-refractivity contribution in [2.75, 3.05) is 5.32 Å². The third kappa shape index (κ3) is 5.56. The highest BCUT2D eigenvalue weighted by Gasteiger charge is 2.62. The minimum absolute atomic E-state index is 0.0496. The number of carbonyl (C=O) groups is 1. The van der Waals surface area contributed by atoms with Crippen LogP contribution in [0.25, 0.3) is 11.3 Å². The van der Waals surface area contributed by atoms with E-state index >= 15 is 0 Å². The molecule has 1 aromatic heterocycles. The van der Waals surface area contributed by atoms with Crippen LogP contribution >= 0.6 is 50.5 Å². The Bertz CT molecular complexity index is 1590. The molecule has 0 aliphatic carbocycles. The number of amides is 1. The fraction of sp³-hybridized carbons (Fsp3) is 0.148. The van der Waals surface area contributed by atoms with E-state index in [1.165, 1.54) is 41.7 Å². The summed E-state index contributed by atoms with van der Waals surface area (Å²) in [5.74, 6) is -0.390. The average Bonchev–Trinajstić information content (AvgIpc) is 3.52. The lowest BCUT2D eigenvalue weighted by molar-refractivity contribution is -0.275. The predicted octanol–water partition coefficient (Wildman–Crippen LogP) is 9.02. The molecule has 1 atom stereocenters. The van der Waals surface area contributed by atoms with Gasteiger partial charge in [-0.05, 0) is 60.5 Å². The molecule has 2 heterocycles. The Labute approximate surface area is 243 Å². The number of carbonyl (C=O) groups excluding carboxylic acids is 1. The Hall–Kier alpha value is -2.92. The van der Waals surface area contributed by atoms with E-state index in [1.807, 2.05) is 29.6 Å². The van der Waals surface area contributed by atoms with Gasteiger partial charge in [0.05, 0.1) is 11.4 Å². The van der Waals surface area contributed by atoms with Crippen molar-refractivity contribution in [1.29, 1.82) is 0 Å². The van der Waals surface area contributed by atoms with Crippen LogP contribution in [0.15, 0.2) is 75.7 Å². The lowest BCUT2D eigenvalue weighted by Crippen LogP contribution is -2.42. The molecule has 0 fully saturated rings. The summed E-state index contributed by atoms with van der Waals surface area (Å²) in [7, 11) is 0. The van der Waals surface area contributed by atoms with E-state index in [2.05, 4.69) is 31.4 Å². The number of hydrogen-bond donors (Lipinski definition) is 1. The van der Waals surface area contributed by atoms with Crippen LogP contribution in [-0.4, -0.2) is 22.8 Å². The molecular weight excluding hydrogens is 638 g/mol. The molecule has 3 aromatic carbocycles. The second-order valence-electron chi connectivity index (χ2n) is 8.82. The minimum atomic E-state index is -4.80. The van der Waals surface area contributed by atoms with E-state index < -0.39 is 24.1 Å². The molecule has 1 aliphatic heterocycles. The van der Waals surface area contributed by atoms with Gasteiger partial charge in [-0.25, -0.2) is 4.98 Å². The van der Waals surface area contributed by atoms with E-state index in [4.69, 9.17) is 28.0 Å². The van der Waals surface area contributed by atoms with Crippen molar-refractivity contribution in [3.63, 3.8) is 0 Å². The van der Waals surface area contributed by atoms with Crippen LogP contribution in [-0.2, 0) is 10.4 Å². The van der Waals surface area contributed by atoms with Gasteiger partial charge < -0.3 is 4.84 Å². The lowest BCUT2D eigenvalue weighted by Gasteiger charge is -2.29. The molecule has 39 heavy (non-hydrogen) atoms. The van der Waals surface area contributed by atoms with E-state index in [0.717, 1.165) is 15.7 Å². The maximum atomic E-state index is 14.3. The Morgan fingerprint density at radius 1 is 1.05 bits per heavy atom. The zero-order chi connectivity index (χ0) is 27.9. The van der Waals surface area contributed by atoms with Crippen molar-refractivity contribution in [3.8, 4) is 11.3 Å². The summed E-state index contributed by atoms with van der Waals surface area (Å²) in [6.45, 7) is 1.69. The smallest absolute Gasteiger partial charge is 0.374 e. The van der Waals surface area contributed by atoms with Crippen LogP contribution < -0.4 is 5.32 Å². The highest BCUT2D eigenvalue weighted by Crippen LogP contribution is 2.49. The summed E-state index contributed by atoms with van der Waals surface area (Å²) in [5.41, 5.74) is 0.0268. The Kier molecular flexibility index (Phi) is 7.49. The molecule has 5 nitrogen and oxygen atoms in total. The molecule has 1 unspecified atom stereocenters. The molecule has 1 amide bonds. The van der Waals surface area contributed by atoms with Gasteiger partial charge in [0, 0.05) is 43.0 Å². The summed E-state index contributed by atoms with van der Waals surface area (Å²) in [6, 6.07) is 16.0. The molecular formula is C27H17BrCl2F3N3O2S. The number of benzene rings is 3. The summed E-state index contributed by atoms with van der Waals surface area (Å²) >= 11 is 16.6. The normalized spacial score (nSPS) is 17.1. The quantitative estimate of drug-likeness (QED) is 0.234. The Morgan fingerprint density at radius 2 is 1.72 bits per heavy atom. The van der Waals surface area contributed by atoms with E-state index in [9.17, 15) is 18.0 Å². The largest absolute Gasteiger partial charge is 0.435 e. The summed E-state index contributed by atoms with van der Waals surface area (Å²) < 4.78 is 43.8.